The summed E-state index contributed by atoms with van der Waals surface area (Å²) in [5.74, 6) is -0.588. The molecule has 1 unspecified atom stereocenters. The topological polar surface area (TPSA) is 98.4 Å². The maximum absolute atomic E-state index is 13.2. The fourth-order valence-electron chi connectivity index (χ4n) is 3.78. The summed E-state index contributed by atoms with van der Waals surface area (Å²) in [4.78, 5) is 27.6. The van der Waals surface area contributed by atoms with E-state index in [1.165, 1.54) is 32.5 Å². The van der Waals surface area contributed by atoms with Crippen molar-refractivity contribution in [2.24, 2.45) is 0 Å². The average molecular weight is 435 g/mol. The lowest BCUT2D eigenvalue weighted by Gasteiger charge is -2.23. The Morgan fingerprint density at radius 2 is 1.56 bits per heavy atom. The first-order valence-corrected chi connectivity index (χ1v) is 9.71. The summed E-state index contributed by atoms with van der Waals surface area (Å²) >= 11 is 0. The van der Waals surface area contributed by atoms with Crippen molar-refractivity contribution in [3.63, 3.8) is 0 Å². The number of methoxy groups -OCH3 is 3. The second-order valence-corrected chi connectivity index (χ2v) is 6.92. The maximum atomic E-state index is 13.2. The van der Waals surface area contributed by atoms with Crippen LogP contribution >= 0.6 is 0 Å². The number of ketones is 1. The molecule has 1 aliphatic heterocycles. The number of furan rings is 1. The van der Waals surface area contributed by atoms with E-state index in [0.29, 0.717) is 17.2 Å². The van der Waals surface area contributed by atoms with Crippen molar-refractivity contribution >= 4 is 23.1 Å². The van der Waals surface area contributed by atoms with Crippen molar-refractivity contribution in [1.29, 1.82) is 0 Å². The van der Waals surface area contributed by atoms with Crippen LogP contribution in [0.2, 0.25) is 0 Å². The highest BCUT2D eigenvalue weighted by Gasteiger charge is 2.48. The minimum absolute atomic E-state index is 0.136. The zero-order valence-electron chi connectivity index (χ0n) is 17.7. The van der Waals surface area contributed by atoms with Gasteiger partial charge in [-0.3, -0.25) is 14.5 Å². The third-order valence-electron chi connectivity index (χ3n) is 5.27. The van der Waals surface area contributed by atoms with E-state index in [2.05, 4.69) is 0 Å². The summed E-state index contributed by atoms with van der Waals surface area (Å²) in [6.07, 6.45) is 1.44. The number of aliphatic hydroxyl groups is 1. The Hall–Kier alpha value is -4.20. The first-order chi connectivity index (χ1) is 15.5. The third-order valence-corrected chi connectivity index (χ3v) is 5.27. The van der Waals surface area contributed by atoms with E-state index in [4.69, 9.17) is 18.6 Å². The molecule has 1 aromatic heterocycles. The minimum atomic E-state index is -0.993. The number of anilines is 1. The summed E-state index contributed by atoms with van der Waals surface area (Å²) in [5.41, 5.74) is 0.477. The molecule has 0 aliphatic carbocycles. The third kappa shape index (κ3) is 3.35. The summed E-state index contributed by atoms with van der Waals surface area (Å²) < 4.78 is 21.5. The number of ether oxygens (including phenoxy) is 3. The van der Waals surface area contributed by atoms with Gasteiger partial charge in [0.25, 0.3) is 11.7 Å². The molecule has 1 fully saturated rings. The van der Waals surface area contributed by atoms with E-state index < -0.39 is 23.5 Å². The molecule has 0 bridgehead atoms. The van der Waals surface area contributed by atoms with Crippen LogP contribution in [0, 0.1) is 0 Å². The molecule has 1 atom stereocenters. The molecular formula is C24H21NO7. The number of hydrogen-bond acceptors (Lipinski definition) is 7. The van der Waals surface area contributed by atoms with Crippen LogP contribution in [0.25, 0.3) is 5.76 Å². The smallest absolute Gasteiger partial charge is 0.300 e. The van der Waals surface area contributed by atoms with Gasteiger partial charge in [-0.05, 0) is 48.5 Å². The number of rotatable bonds is 6. The Morgan fingerprint density at radius 3 is 2.09 bits per heavy atom. The number of amides is 1. The molecule has 0 saturated carbocycles. The summed E-state index contributed by atoms with van der Waals surface area (Å²) in [6, 6.07) is 13.9. The quantitative estimate of drug-likeness (QED) is 0.356. The van der Waals surface area contributed by atoms with Crippen molar-refractivity contribution < 1.29 is 33.3 Å². The molecule has 3 aromatic rings. The molecule has 1 N–H and O–H groups in total. The van der Waals surface area contributed by atoms with Gasteiger partial charge in [0.05, 0.1) is 33.2 Å². The predicted molar refractivity (Wildman–Crippen MR) is 116 cm³/mol. The fraction of sp³-hybridized carbons (Fsp3) is 0.167. The van der Waals surface area contributed by atoms with Crippen LogP contribution in [-0.4, -0.2) is 38.1 Å². The number of benzene rings is 2. The normalized spacial score (nSPS) is 17.5. The van der Waals surface area contributed by atoms with Gasteiger partial charge < -0.3 is 23.7 Å². The predicted octanol–water partition coefficient (Wildman–Crippen LogP) is 3.93. The summed E-state index contributed by atoms with van der Waals surface area (Å²) in [7, 11) is 4.40. The second-order valence-electron chi connectivity index (χ2n) is 6.92. The highest BCUT2D eigenvalue weighted by Crippen LogP contribution is 2.45. The van der Waals surface area contributed by atoms with Crippen LogP contribution in [0.5, 0.6) is 17.2 Å². The standard InChI is InChI=1S/C24H21NO7/c1-29-15-11-9-14(10-12-15)25-21(18-8-5-13-32-18)20(23(27)24(25)28)22(26)19-16(30-2)6-4-7-17(19)31-3/h4-13,21,26H,1-3H3/b22-20+. The highest BCUT2D eigenvalue weighted by molar-refractivity contribution is 6.51. The van der Waals surface area contributed by atoms with Crippen LogP contribution in [0.15, 0.2) is 70.9 Å². The molecule has 0 radical (unpaired) electrons. The minimum Gasteiger partial charge on any atom is -0.506 e. The van der Waals surface area contributed by atoms with Crippen molar-refractivity contribution in [1.82, 2.24) is 0 Å². The zero-order chi connectivity index (χ0) is 22.8. The lowest BCUT2D eigenvalue weighted by atomic mass is 9.98. The molecular weight excluding hydrogens is 414 g/mol. The lowest BCUT2D eigenvalue weighted by molar-refractivity contribution is -0.132. The number of Topliss-reactive ketones (excluding diaryl/α,β-unsaturated/α-hetero) is 1. The van der Waals surface area contributed by atoms with Gasteiger partial charge >= 0.3 is 0 Å². The zero-order valence-corrected chi connectivity index (χ0v) is 17.7. The number of carbonyl (C=O) groups excluding carboxylic acids is 2. The van der Waals surface area contributed by atoms with Crippen LogP contribution in [-0.2, 0) is 9.59 Å². The van der Waals surface area contributed by atoms with Gasteiger partial charge in [-0.25, -0.2) is 0 Å². The van der Waals surface area contributed by atoms with Crippen molar-refractivity contribution in [2.75, 3.05) is 26.2 Å². The highest BCUT2D eigenvalue weighted by atomic mass is 16.5. The van der Waals surface area contributed by atoms with Crippen LogP contribution in [0.1, 0.15) is 17.4 Å². The number of carbonyl (C=O) groups is 2. The molecule has 164 valence electrons. The molecule has 2 heterocycles. The monoisotopic (exact) mass is 435 g/mol. The Morgan fingerprint density at radius 1 is 0.906 bits per heavy atom. The molecule has 8 nitrogen and oxygen atoms in total. The van der Waals surface area contributed by atoms with Gasteiger partial charge in [0.2, 0.25) is 0 Å². The number of hydrogen-bond donors (Lipinski definition) is 1. The molecule has 8 heteroatoms. The molecule has 4 rings (SSSR count). The van der Waals surface area contributed by atoms with E-state index in [-0.39, 0.29) is 22.6 Å². The molecule has 0 spiro atoms. The Labute approximate surface area is 184 Å². The Bertz CT molecular complexity index is 1160. The van der Waals surface area contributed by atoms with Gasteiger partial charge in [0.15, 0.2) is 0 Å². The van der Waals surface area contributed by atoms with Crippen LogP contribution < -0.4 is 19.1 Å². The summed E-state index contributed by atoms with van der Waals surface area (Å²) in [5, 5.41) is 11.3. The lowest BCUT2D eigenvalue weighted by Crippen LogP contribution is -2.29. The molecule has 1 amide bonds. The van der Waals surface area contributed by atoms with E-state index in [0.717, 1.165) is 0 Å². The van der Waals surface area contributed by atoms with Crippen molar-refractivity contribution in [3.8, 4) is 17.2 Å². The van der Waals surface area contributed by atoms with Crippen LogP contribution in [0.3, 0.4) is 0 Å². The largest absolute Gasteiger partial charge is 0.506 e. The second kappa shape index (κ2) is 8.50. The van der Waals surface area contributed by atoms with E-state index in [1.807, 2.05) is 0 Å². The molecule has 32 heavy (non-hydrogen) atoms. The number of aliphatic hydroxyl groups excluding tert-OH is 1. The van der Waals surface area contributed by atoms with Gasteiger partial charge in [0, 0.05) is 5.69 Å². The van der Waals surface area contributed by atoms with E-state index in [1.54, 1.807) is 54.6 Å². The van der Waals surface area contributed by atoms with Gasteiger partial charge in [0.1, 0.15) is 40.4 Å². The maximum Gasteiger partial charge on any atom is 0.300 e. The van der Waals surface area contributed by atoms with Gasteiger partial charge in [-0.2, -0.15) is 0 Å². The average Bonchev–Trinajstić information content (AvgIpc) is 3.45. The first-order valence-electron chi connectivity index (χ1n) is 9.71. The SMILES string of the molecule is COc1ccc(N2C(=O)C(=O)/C(=C(/O)c3c(OC)cccc3OC)C2c2ccco2)cc1. The fourth-order valence-corrected chi connectivity index (χ4v) is 3.78. The Kier molecular flexibility index (Phi) is 5.59. The van der Waals surface area contributed by atoms with Crippen molar-refractivity contribution in [2.45, 2.75) is 6.04 Å². The van der Waals surface area contributed by atoms with E-state index in [9.17, 15) is 14.7 Å². The van der Waals surface area contributed by atoms with Crippen molar-refractivity contribution in [3.05, 3.63) is 77.8 Å². The molecule has 2 aromatic carbocycles. The van der Waals surface area contributed by atoms with E-state index >= 15 is 0 Å². The summed E-state index contributed by atoms with van der Waals surface area (Å²) in [6.45, 7) is 0. The van der Waals surface area contributed by atoms with Gasteiger partial charge in [-0.1, -0.05) is 6.07 Å². The molecule has 1 saturated heterocycles. The number of nitrogens with zero attached hydrogens (tertiary/aromatic N) is 1. The van der Waals surface area contributed by atoms with Gasteiger partial charge in [-0.15, -0.1) is 0 Å². The first kappa shape index (κ1) is 21.0. The molecule has 1 aliphatic rings. The van der Waals surface area contributed by atoms with Crippen LogP contribution in [0.4, 0.5) is 5.69 Å². The Balaban J connectivity index is 1.95.